The molecule has 0 aliphatic heterocycles. The fraction of sp³-hybridized carbons (Fsp3) is 0.389. The number of amides is 2. The van der Waals surface area contributed by atoms with Crippen molar-refractivity contribution in [1.82, 2.24) is 30.4 Å². The van der Waals surface area contributed by atoms with Gasteiger partial charge in [0.05, 0.1) is 23.3 Å². The van der Waals surface area contributed by atoms with E-state index in [1.807, 2.05) is 32.9 Å². The summed E-state index contributed by atoms with van der Waals surface area (Å²) in [5.74, 6) is 0.754. The number of aromatic amines is 2. The maximum atomic E-state index is 12.3. The number of aryl methyl sites for hydroxylation is 3. The van der Waals surface area contributed by atoms with E-state index in [4.69, 9.17) is 0 Å². The van der Waals surface area contributed by atoms with Gasteiger partial charge in [0, 0.05) is 19.3 Å². The summed E-state index contributed by atoms with van der Waals surface area (Å²) in [4.78, 5) is 21.7. The highest BCUT2D eigenvalue weighted by atomic mass is 16.2. The Morgan fingerprint density at radius 3 is 2.80 bits per heavy atom. The molecule has 0 bridgehead atoms. The van der Waals surface area contributed by atoms with Gasteiger partial charge in [-0.15, -0.1) is 0 Å². The fourth-order valence-corrected chi connectivity index (χ4v) is 2.88. The SMILES string of the molecule is Cc1ccc2nc(CNC(=O)N(C)CCc3c(C)n[nH]c3C)[nH]c2c1. The third-order valence-electron chi connectivity index (χ3n) is 4.42. The molecule has 0 saturated heterocycles. The zero-order chi connectivity index (χ0) is 18.0. The van der Waals surface area contributed by atoms with Crippen LogP contribution in [0.3, 0.4) is 0 Å². The minimum absolute atomic E-state index is 0.115. The third-order valence-corrected chi connectivity index (χ3v) is 4.42. The topological polar surface area (TPSA) is 89.7 Å². The molecule has 2 amide bonds. The van der Waals surface area contributed by atoms with Gasteiger partial charge < -0.3 is 15.2 Å². The van der Waals surface area contributed by atoms with Crippen molar-refractivity contribution >= 4 is 17.1 Å². The van der Waals surface area contributed by atoms with Gasteiger partial charge in [0.25, 0.3) is 0 Å². The molecule has 0 unspecified atom stereocenters. The van der Waals surface area contributed by atoms with Crippen LogP contribution in [0.5, 0.6) is 0 Å². The molecule has 3 rings (SSSR count). The number of rotatable bonds is 5. The van der Waals surface area contributed by atoms with E-state index in [9.17, 15) is 4.79 Å². The van der Waals surface area contributed by atoms with Crippen LogP contribution in [0.1, 0.15) is 28.3 Å². The Bertz CT molecular complexity index is 875. The second-order valence-electron chi connectivity index (χ2n) is 6.45. The maximum Gasteiger partial charge on any atom is 0.317 e. The highest BCUT2D eigenvalue weighted by molar-refractivity contribution is 5.76. The number of imidazole rings is 1. The van der Waals surface area contributed by atoms with E-state index in [1.54, 1.807) is 11.9 Å². The fourth-order valence-electron chi connectivity index (χ4n) is 2.88. The standard InChI is InChI=1S/C18H24N6O/c1-11-5-6-15-16(9-11)21-17(20-15)10-19-18(25)24(4)8-7-14-12(2)22-23-13(14)3/h5-6,9H,7-8,10H2,1-4H3,(H,19,25)(H,20,21)(H,22,23). The van der Waals surface area contributed by atoms with Crippen molar-refractivity contribution in [2.24, 2.45) is 0 Å². The summed E-state index contributed by atoms with van der Waals surface area (Å²) < 4.78 is 0. The van der Waals surface area contributed by atoms with Crippen LogP contribution in [-0.4, -0.2) is 44.7 Å². The number of hydrogen-bond acceptors (Lipinski definition) is 3. The molecule has 25 heavy (non-hydrogen) atoms. The van der Waals surface area contributed by atoms with E-state index in [-0.39, 0.29) is 6.03 Å². The number of benzene rings is 1. The van der Waals surface area contributed by atoms with Gasteiger partial charge in [-0.2, -0.15) is 5.10 Å². The first-order chi connectivity index (χ1) is 11.9. The lowest BCUT2D eigenvalue weighted by Gasteiger charge is -2.17. The van der Waals surface area contributed by atoms with Crippen LogP contribution in [0, 0.1) is 20.8 Å². The van der Waals surface area contributed by atoms with Gasteiger partial charge in [-0.3, -0.25) is 5.10 Å². The lowest BCUT2D eigenvalue weighted by atomic mass is 10.1. The lowest BCUT2D eigenvalue weighted by molar-refractivity contribution is 0.208. The quantitative estimate of drug-likeness (QED) is 0.667. The number of urea groups is 1. The molecule has 0 spiro atoms. The smallest absolute Gasteiger partial charge is 0.317 e. The molecule has 3 N–H and O–H groups in total. The van der Waals surface area contributed by atoms with Gasteiger partial charge in [0.1, 0.15) is 5.82 Å². The Balaban J connectivity index is 1.54. The highest BCUT2D eigenvalue weighted by Crippen LogP contribution is 2.13. The molecular weight excluding hydrogens is 316 g/mol. The summed E-state index contributed by atoms with van der Waals surface area (Å²) in [6, 6.07) is 5.94. The third kappa shape index (κ3) is 3.81. The molecule has 3 aromatic rings. The Kier molecular flexibility index (Phi) is 4.74. The number of H-pyrrole nitrogens is 2. The molecule has 132 valence electrons. The molecule has 2 aromatic heterocycles. The first-order valence-electron chi connectivity index (χ1n) is 8.38. The molecule has 2 heterocycles. The summed E-state index contributed by atoms with van der Waals surface area (Å²) in [6.45, 7) is 7.02. The first kappa shape index (κ1) is 17.0. The van der Waals surface area contributed by atoms with Crippen molar-refractivity contribution in [2.45, 2.75) is 33.7 Å². The van der Waals surface area contributed by atoms with Crippen molar-refractivity contribution in [3.05, 3.63) is 46.5 Å². The molecule has 0 radical (unpaired) electrons. The lowest BCUT2D eigenvalue weighted by Crippen LogP contribution is -2.38. The van der Waals surface area contributed by atoms with E-state index < -0.39 is 0 Å². The zero-order valence-corrected chi connectivity index (χ0v) is 15.1. The van der Waals surface area contributed by atoms with Crippen LogP contribution in [0.4, 0.5) is 4.79 Å². The second-order valence-corrected chi connectivity index (χ2v) is 6.45. The summed E-state index contributed by atoms with van der Waals surface area (Å²) in [5.41, 5.74) is 6.30. The van der Waals surface area contributed by atoms with Crippen molar-refractivity contribution < 1.29 is 4.79 Å². The van der Waals surface area contributed by atoms with E-state index in [0.29, 0.717) is 13.1 Å². The largest absolute Gasteiger partial charge is 0.340 e. The molecule has 1 aromatic carbocycles. The number of hydrogen-bond donors (Lipinski definition) is 3. The Hall–Kier alpha value is -2.83. The maximum absolute atomic E-state index is 12.3. The summed E-state index contributed by atoms with van der Waals surface area (Å²) >= 11 is 0. The van der Waals surface area contributed by atoms with E-state index >= 15 is 0 Å². The van der Waals surface area contributed by atoms with Crippen LogP contribution in [-0.2, 0) is 13.0 Å². The average molecular weight is 340 g/mol. The number of likely N-dealkylation sites (N-methyl/N-ethyl adjacent to an activating group) is 1. The number of nitrogens with one attached hydrogen (secondary N) is 3. The van der Waals surface area contributed by atoms with Gasteiger partial charge in [-0.1, -0.05) is 6.07 Å². The van der Waals surface area contributed by atoms with Crippen LogP contribution >= 0.6 is 0 Å². The summed E-state index contributed by atoms with van der Waals surface area (Å²) in [6.07, 6.45) is 0.780. The van der Waals surface area contributed by atoms with Crippen molar-refractivity contribution in [1.29, 1.82) is 0 Å². The number of nitrogens with zero attached hydrogens (tertiary/aromatic N) is 3. The van der Waals surface area contributed by atoms with Gasteiger partial charge in [-0.05, 0) is 50.5 Å². The zero-order valence-electron chi connectivity index (χ0n) is 15.1. The first-order valence-corrected chi connectivity index (χ1v) is 8.38. The Morgan fingerprint density at radius 1 is 1.28 bits per heavy atom. The van der Waals surface area contributed by atoms with Crippen LogP contribution < -0.4 is 5.32 Å². The molecule has 0 atom stereocenters. The average Bonchev–Trinajstić information content (AvgIpc) is 3.13. The molecule has 7 nitrogen and oxygen atoms in total. The van der Waals surface area contributed by atoms with Gasteiger partial charge in [0.15, 0.2) is 0 Å². The normalized spacial score (nSPS) is 11.0. The van der Waals surface area contributed by atoms with E-state index in [0.717, 1.165) is 34.7 Å². The number of carbonyl (C=O) groups excluding carboxylic acids is 1. The Morgan fingerprint density at radius 2 is 2.08 bits per heavy atom. The minimum atomic E-state index is -0.115. The molecular formula is C18H24N6O. The Labute approximate surface area is 146 Å². The predicted molar refractivity (Wildman–Crippen MR) is 97.5 cm³/mol. The predicted octanol–water partition coefficient (Wildman–Crippen LogP) is 2.60. The van der Waals surface area contributed by atoms with Gasteiger partial charge >= 0.3 is 6.03 Å². The van der Waals surface area contributed by atoms with Crippen molar-refractivity contribution in [3.8, 4) is 0 Å². The molecule has 0 aliphatic carbocycles. The summed E-state index contributed by atoms with van der Waals surface area (Å²) in [5, 5.41) is 10.1. The molecule has 0 aliphatic rings. The second kappa shape index (κ2) is 6.96. The van der Waals surface area contributed by atoms with Crippen LogP contribution in [0.2, 0.25) is 0 Å². The minimum Gasteiger partial charge on any atom is -0.340 e. The van der Waals surface area contributed by atoms with Crippen LogP contribution in [0.15, 0.2) is 18.2 Å². The number of carbonyl (C=O) groups is 1. The molecule has 0 fully saturated rings. The molecule has 0 saturated carbocycles. The van der Waals surface area contributed by atoms with Crippen molar-refractivity contribution in [3.63, 3.8) is 0 Å². The monoisotopic (exact) mass is 340 g/mol. The van der Waals surface area contributed by atoms with E-state index in [1.165, 1.54) is 11.1 Å². The number of fused-ring (bicyclic) bond motifs is 1. The van der Waals surface area contributed by atoms with E-state index in [2.05, 4.69) is 31.5 Å². The summed E-state index contributed by atoms with van der Waals surface area (Å²) in [7, 11) is 1.79. The van der Waals surface area contributed by atoms with Gasteiger partial charge in [-0.25, -0.2) is 9.78 Å². The highest BCUT2D eigenvalue weighted by Gasteiger charge is 2.12. The van der Waals surface area contributed by atoms with Crippen molar-refractivity contribution in [2.75, 3.05) is 13.6 Å². The molecule has 7 heteroatoms. The van der Waals surface area contributed by atoms with Gasteiger partial charge in [0.2, 0.25) is 0 Å². The van der Waals surface area contributed by atoms with Crippen LogP contribution in [0.25, 0.3) is 11.0 Å². The number of aromatic nitrogens is 4.